The molecule has 118 valence electrons. The molecule has 1 aromatic carbocycles. The summed E-state index contributed by atoms with van der Waals surface area (Å²) in [5, 5.41) is 5.26. The molecule has 0 amide bonds. The van der Waals surface area contributed by atoms with E-state index >= 15 is 0 Å². The maximum absolute atomic E-state index is 13.5. The molecule has 0 saturated carbocycles. The fourth-order valence-electron chi connectivity index (χ4n) is 2.96. The third kappa shape index (κ3) is 3.29. The molecule has 0 spiro atoms. The van der Waals surface area contributed by atoms with Gasteiger partial charge in [-0.1, -0.05) is 23.5 Å². The predicted octanol–water partition coefficient (Wildman–Crippen LogP) is 2.00. The van der Waals surface area contributed by atoms with Crippen LogP contribution in [0, 0.1) is 12.7 Å². The highest BCUT2D eigenvalue weighted by atomic mass is 32.1. The molecule has 1 aliphatic heterocycles. The Bertz CT molecular complexity index is 697. The smallest absolute Gasteiger partial charge is 0.307 e. The number of hydrogen-bond acceptors (Lipinski definition) is 4. The molecule has 3 rings (SSSR count). The van der Waals surface area contributed by atoms with Gasteiger partial charge >= 0.3 is 4.87 Å². The number of nitrogens with one attached hydrogen (secondary N) is 1. The molecule has 1 fully saturated rings. The summed E-state index contributed by atoms with van der Waals surface area (Å²) in [7, 11) is 0. The quantitative estimate of drug-likeness (QED) is 0.936. The van der Waals surface area contributed by atoms with Crippen molar-refractivity contribution in [1.29, 1.82) is 0 Å². The van der Waals surface area contributed by atoms with Gasteiger partial charge in [-0.15, -0.1) is 0 Å². The summed E-state index contributed by atoms with van der Waals surface area (Å²) in [5.74, 6) is -0.201. The average molecular weight is 321 g/mol. The van der Waals surface area contributed by atoms with Gasteiger partial charge in [0.2, 0.25) is 0 Å². The van der Waals surface area contributed by atoms with Gasteiger partial charge in [0.1, 0.15) is 5.82 Å². The van der Waals surface area contributed by atoms with Crippen LogP contribution in [0.25, 0.3) is 0 Å². The Hall–Kier alpha value is -1.50. The molecule has 1 aliphatic rings. The van der Waals surface area contributed by atoms with Gasteiger partial charge in [0, 0.05) is 49.8 Å². The van der Waals surface area contributed by atoms with Crippen LogP contribution in [0.3, 0.4) is 0 Å². The second-order valence-corrected chi connectivity index (χ2v) is 6.43. The number of nitrogens with zero attached hydrogens (tertiary/aromatic N) is 2. The lowest BCUT2D eigenvalue weighted by Gasteiger charge is -2.36. The first kappa shape index (κ1) is 15.4. The number of halogens is 1. The van der Waals surface area contributed by atoms with Gasteiger partial charge in [0.05, 0.1) is 0 Å². The Balaban J connectivity index is 1.74. The molecule has 4 nitrogen and oxygen atoms in total. The van der Waals surface area contributed by atoms with Gasteiger partial charge in [0.15, 0.2) is 0 Å². The number of aromatic nitrogens is 1. The molecule has 1 saturated heterocycles. The zero-order valence-corrected chi connectivity index (χ0v) is 13.4. The second-order valence-electron chi connectivity index (χ2n) is 5.61. The van der Waals surface area contributed by atoms with E-state index in [1.807, 2.05) is 22.9 Å². The minimum Gasteiger partial charge on any atom is -0.314 e. The first-order valence-corrected chi connectivity index (χ1v) is 8.38. The highest BCUT2D eigenvalue weighted by molar-refractivity contribution is 7.07. The maximum atomic E-state index is 13.5. The summed E-state index contributed by atoms with van der Waals surface area (Å²) < 4.78 is 15.3. The van der Waals surface area contributed by atoms with Gasteiger partial charge in [0.25, 0.3) is 0 Å². The molecule has 2 aromatic rings. The van der Waals surface area contributed by atoms with Gasteiger partial charge in [-0.25, -0.2) is 4.39 Å². The molecule has 1 atom stereocenters. The van der Waals surface area contributed by atoms with E-state index in [-0.39, 0.29) is 16.7 Å². The van der Waals surface area contributed by atoms with Crippen molar-refractivity contribution in [3.63, 3.8) is 0 Å². The number of thiazole rings is 1. The molecule has 0 bridgehead atoms. The van der Waals surface area contributed by atoms with E-state index in [0.29, 0.717) is 6.54 Å². The first-order valence-electron chi connectivity index (χ1n) is 7.50. The Kier molecular flexibility index (Phi) is 4.71. The van der Waals surface area contributed by atoms with Gasteiger partial charge in [-0.3, -0.25) is 9.69 Å². The van der Waals surface area contributed by atoms with Crippen molar-refractivity contribution in [3.8, 4) is 0 Å². The molecule has 6 heteroatoms. The molecule has 22 heavy (non-hydrogen) atoms. The molecule has 1 aromatic heterocycles. The summed E-state index contributed by atoms with van der Waals surface area (Å²) in [6, 6.07) is 6.95. The molecular weight excluding hydrogens is 301 g/mol. The molecule has 1 N–H and O–H groups in total. The van der Waals surface area contributed by atoms with Crippen LogP contribution >= 0.6 is 11.3 Å². The third-order valence-corrected chi connectivity index (χ3v) is 5.06. The van der Waals surface area contributed by atoms with Crippen molar-refractivity contribution < 1.29 is 4.39 Å². The summed E-state index contributed by atoms with van der Waals surface area (Å²) in [6.45, 7) is 6.06. The van der Waals surface area contributed by atoms with E-state index in [1.165, 1.54) is 17.4 Å². The lowest BCUT2D eigenvalue weighted by molar-refractivity contribution is 0.155. The first-order chi connectivity index (χ1) is 10.6. The van der Waals surface area contributed by atoms with Crippen LogP contribution in [0.2, 0.25) is 0 Å². The maximum Gasteiger partial charge on any atom is 0.307 e. The Morgan fingerprint density at radius 3 is 3.00 bits per heavy atom. The highest BCUT2D eigenvalue weighted by Gasteiger charge is 2.24. The predicted molar refractivity (Wildman–Crippen MR) is 86.9 cm³/mol. The van der Waals surface area contributed by atoms with Crippen LogP contribution in [0.15, 0.2) is 34.4 Å². The van der Waals surface area contributed by atoms with Crippen molar-refractivity contribution in [1.82, 2.24) is 14.8 Å². The number of hydrogen-bond donors (Lipinski definition) is 1. The topological polar surface area (TPSA) is 37.3 Å². The van der Waals surface area contributed by atoms with Gasteiger partial charge < -0.3 is 9.88 Å². The van der Waals surface area contributed by atoms with Crippen molar-refractivity contribution in [3.05, 3.63) is 56.4 Å². The van der Waals surface area contributed by atoms with E-state index < -0.39 is 0 Å². The molecule has 2 heterocycles. The standard InChI is InChI=1S/C16H20FN3OS/c1-12-11-22-16(21)20(12)8-7-19-6-5-18-10-15(19)13-3-2-4-14(17)9-13/h2-4,9,11,15,18H,5-8,10H2,1H3. The lowest BCUT2D eigenvalue weighted by Crippen LogP contribution is -2.47. The van der Waals surface area contributed by atoms with E-state index in [4.69, 9.17) is 0 Å². The fourth-order valence-corrected chi connectivity index (χ4v) is 3.72. The van der Waals surface area contributed by atoms with E-state index in [9.17, 15) is 9.18 Å². The summed E-state index contributed by atoms with van der Waals surface area (Å²) in [6.07, 6.45) is 0. The number of aryl methyl sites for hydroxylation is 1. The zero-order valence-electron chi connectivity index (χ0n) is 12.6. The third-order valence-electron chi connectivity index (χ3n) is 4.17. The second kappa shape index (κ2) is 6.73. The number of rotatable bonds is 4. The number of piperazine rings is 1. The van der Waals surface area contributed by atoms with Crippen LogP contribution in [0.1, 0.15) is 17.3 Å². The highest BCUT2D eigenvalue weighted by Crippen LogP contribution is 2.22. The monoisotopic (exact) mass is 321 g/mol. The summed E-state index contributed by atoms with van der Waals surface area (Å²) >= 11 is 1.24. The van der Waals surface area contributed by atoms with E-state index in [2.05, 4.69) is 10.2 Å². The van der Waals surface area contributed by atoms with Crippen LogP contribution in [0.5, 0.6) is 0 Å². The Morgan fingerprint density at radius 1 is 1.41 bits per heavy atom. The Morgan fingerprint density at radius 2 is 2.27 bits per heavy atom. The van der Waals surface area contributed by atoms with Crippen molar-refractivity contribution in [2.24, 2.45) is 0 Å². The summed E-state index contributed by atoms with van der Waals surface area (Å²) in [5.41, 5.74) is 1.99. The molecular formula is C16H20FN3OS. The van der Waals surface area contributed by atoms with Crippen molar-refractivity contribution in [2.75, 3.05) is 26.2 Å². The van der Waals surface area contributed by atoms with E-state index in [0.717, 1.165) is 37.4 Å². The number of benzene rings is 1. The SMILES string of the molecule is Cc1csc(=O)n1CCN1CCNCC1c1cccc(F)c1. The van der Waals surface area contributed by atoms with Gasteiger partial charge in [-0.2, -0.15) is 0 Å². The molecule has 1 unspecified atom stereocenters. The van der Waals surface area contributed by atoms with E-state index in [1.54, 1.807) is 12.1 Å². The van der Waals surface area contributed by atoms with Crippen molar-refractivity contribution >= 4 is 11.3 Å². The average Bonchev–Trinajstić information content (AvgIpc) is 2.84. The normalized spacial score (nSPS) is 19.5. The van der Waals surface area contributed by atoms with Crippen LogP contribution in [-0.2, 0) is 6.54 Å². The van der Waals surface area contributed by atoms with Crippen LogP contribution in [-0.4, -0.2) is 35.6 Å². The van der Waals surface area contributed by atoms with Crippen LogP contribution in [0.4, 0.5) is 4.39 Å². The fraction of sp³-hybridized carbons (Fsp3) is 0.438. The lowest BCUT2D eigenvalue weighted by atomic mass is 10.0. The minimum atomic E-state index is -0.201. The van der Waals surface area contributed by atoms with Crippen molar-refractivity contribution in [2.45, 2.75) is 19.5 Å². The molecule has 0 radical (unpaired) electrons. The minimum absolute atomic E-state index is 0.0925. The molecule has 0 aliphatic carbocycles. The van der Waals surface area contributed by atoms with Crippen LogP contribution < -0.4 is 10.2 Å². The zero-order chi connectivity index (χ0) is 15.5. The summed E-state index contributed by atoms with van der Waals surface area (Å²) in [4.78, 5) is 14.2. The Labute approximate surface area is 133 Å². The van der Waals surface area contributed by atoms with Gasteiger partial charge in [-0.05, 0) is 24.6 Å². The largest absolute Gasteiger partial charge is 0.314 e.